The molecule has 1 amide bonds. The predicted molar refractivity (Wildman–Crippen MR) is 120 cm³/mol. The number of nitrogens with one attached hydrogen (secondary N) is 1. The average molecular weight is 432 g/mol. The lowest BCUT2D eigenvalue weighted by Crippen LogP contribution is -2.24. The van der Waals surface area contributed by atoms with Gasteiger partial charge in [0.2, 0.25) is 0 Å². The summed E-state index contributed by atoms with van der Waals surface area (Å²) in [6.45, 7) is 1.43. The zero-order valence-electron chi connectivity index (χ0n) is 16.8. The van der Waals surface area contributed by atoms with Crippen LogP contribution in [0.15, 0.2) is 78.0 Å². The second kappa shape index (κ2) is 8.73. The van der Waals surface area contributed by atoms with Gasteiger partial charge in [0.25, 0.3) is 5.91 Å². The summed E-state index contributed by atoms with van der Waals surface area (Å²) in [6, 6.07) is 19.3. The van der Waals surface area contributed by atoms with E-state index in [4.69, 9.17) is 9.47 Å². The van der Waals surface area contributed by atoms with Crippen molar-refractivity contribution in [1.82, 2.24) is 14.7 Å². The van der Waals surface area contributed by atoms with Crippen LogP contribution in [0.3, 0.4) is 0 Å². The number of imidazole rings is 1. The Balaban J connectivity index is 1.28. The van der Waals surface area contributed by atoms with E-state index in [2.05, 4.69) is 10.3 Å². The fourth-order valence-corrected chi connectivity index (χ4v) is 4.47. The van der Waals surface area contributed by atoms with Gasteiger partial charge in [0.05, 0.1) is 11.3 Å². The number of para-hydroxylation sites is 1. The van der Waals surface area contributed by atoms with E-state index >= 15 is 0 Å². The molecule has 6 nitrogen and oxygen atoms in total. The quantitative estimate of drug-likeness (QED) is 0.461. The van der Waals surface area contributed by atoms with Crippen molar-refractivity contribution >= 4 is 23.3 Å². The number of hydrogen-bond acceptors (Lipinski definition) is 5. The van der Waals surface area contributed by atoms with Gasteiger partial charge in [-0.05, 0) is 30.3 Å². The molecule has 2 aromatic carbocycles. The highest BCUT2D eigenvalue weighted by Crippen LogP contribution is 2.33. The maximum absolute atomic E-state index is 12.9. The van der Waals surface area contributed by atoms with E-state index in [0.29, 0.717) is 36.8 Å². The van der Waals surface area contributed by atoms with Gasteiger partial charge in [-0.1, -0.05) is 30.3 Å². The van der Waals surface area contributed by atoms with Gasteiger partial charge in [-0.25, -0.2) is 4.98 Å². The van der Waals surface area contributed by atoms with Crippen LogP contribution in [-0.2, 0) is 12.3 Å². The minimum Gasteiger partial charge on any atom is -0.486 e. The molecule has 0 atom stereocenters. The molecule has 5 rings (SSSR count). The largest absolute Gasteiger partial charge is 0.486 e. The second-order valence-electron chi connectivity index (χ2n) is 7.11. The molecule has 0 saturated heterocycles. The highest BCUT2D eigenvalue weighted by molar-refractivity contribution is 7.98. The van der Waals surface area contributed by atoms with E-state index in [9.17, 15) is 4.79 Å². The molecule has 0 bridgehead atoms. The van der Waals surface area contributed by atoms with Crippen molar-refractivity contribution < 1.29 is 14.3 Å². The van der Waals surface area contributed by atoms with Crippen molar-refractivity contribution in [3.8, 4) is 11.5 Å². The Kier molecular flexibility index (Phi) is 5.50. The Morgan fingerprint density at radius 2 is 1.90 bits per heavy atom. The normalized spacial score (nSPS) is 12.6. The Labute approximate surface area is 184 Å². The Hall–Kier alpha value is -3.45. The summed E-state index contributed by atoms with van der Waals surface area (Å²) in [7, 11) is 0. The van der Waals surface area contributed by atoms with Crippen LogP contribution in [0.2, 0.25) is 0 Å². The second-order valence-corrected chi connectivity index (χ2v) is 8.12. The number of nitrogens with zero attached hydrogens (tertiary/aromatic N) is 2. The monoisotopic (exact) mass is 431 g/mol. The first-order valence-corrected chi connectivity index (χ1v) is 11.1. The summed E-state index contributed by atoms with van der Waals surface area (Å²) in [5.74, 6) is 2.00. The van der Waals surface area contributed by atoms with Crippen LogP contribution in [-0.4, -0.2) is 28.5 Å². The van der Waals surface area contributed by atoms with Crippen LogP contribution in [0.4, 0.5) is 0 Å². The summed E-state index contributed by atoms with van der Waals surface area (Å²) in [4.78, 5) is 18.5. The molecule has 1 N–H and O–H groups in total. The number of benzene rings is 2. The van der Waals surface area contributed by atoms with Gasteiger partial charge in [0.1, 0.15) is 18.9 Å². The highest BCUT2D eigenvalue weighted by Gasteiger charge is 2.17. The van der Waals surface area contributed by atoms with E-state index in [-0.39, 0.29) is 5.91 Å². The Morgan fingerprint density at radius 3 is 2.84 bits per heavy atom. The summed E-state index contributed by atoms with van der Waals surface area (Å²) in [5, 5.41) is 3.02. The molecule has 156 valence electrons. The van der Waals surface area contributed by atoms with E-state index in [1.165, 1.54) is 0 Å². The van der Waals surface area contributed by atoms with Gasteiger partial charge in [0.15, 0.2) is 11.5 Å². The molecule has 0 aliphatic carbocycles. The molecular weight excluding hydrogens is 410 g/mol. The summed E-state index contributed by atoms with van der Waals surface area (Å²) < 4.78 is 13.4. The molecule has 1 aliphatic heterocycles. The molecule has 0 radical (unpaired) electrons. The smallest absolute Gasteiger partial charge is 0.252 e. The molecule has 0 fully saturated rings. The van der Waals surface area contributed by atoms with E-state index in [1.807, 2.05) is 77.5 Å². The number of aromatic nitrogens is 2. The zero-order chi connectivity index (χ0) is 21.0. The first-order chi connectivity index (χ1) is 15.3. The lowest BCUT2D eigenvalue weighted by molar-refractivity contribution is 0.0947. The number of rotatable bonds is 6. The van der Waals surface area contributed by atoms with Gasteiger partial charge < -0.3 is 19.2 Å². The van der Waals surface area contributed by atoms with Crippen molar-refractivity contribution in [2.75, 3.05) is 13.2 Å². The van der Waals surface area contributed by atoms with Crippen molar-refractivity contribution in [1.29, 1.82) is 0 Å². The van der Waals surface area contributed by atoms with Crippen molar-refractivity contribution in [2.24, 2.45) is 0 Å². The fourth-order valence-electron chi connectivity index (χ4n) is 3.53. The van der Waals surface area contributed by atoms with Crippen LogP contribution >= 0.6 is 11.8 Å². The average Bonchev–Trinajstić information content (AvgIpc) is 3.24. The number of pyridine rings is 1. The highest BCUT2D eigenvalue weighted by atomic mass is 32.2. The third kappa shape index (κ3) is 4.22. The fraction of sp³-hybridized carbons (Fsp3) is 0.167. The van der Waals surface area contributed by atoms with Crippen molar-refractivity contribution in [3.63, 3.8) is 0 Å². The van der Waals surface area contributed by atoms with Gasteiger partial charge in [-0.3, -0.25) is 4.79 Å². The number of hydrogen-bond donors (Lipinski definition) is 1. The number of carbonyl (C=O) groups is 1. The first kappa shape index (κ1) is 19.5. The van der Waals surface area contributed by atoms with Crippen LogP contribution in [0, 0.1) is 0 Å². The number of fused-ring (bicyclic) bond motifs is 2. The number of carbonyl (C=O) groups excluding carboxylic acids is 1. The third-order valence-corrected chi connectivity index (χ3v) is 6.12. The van der Waals surface area contributed by atoms with E-state index in [1.54, 1.807) is 11.8 Å². The molecule has 3 heterocycles. The molecule has 2 aromatic heterocycles. The Morgan fingerprint density at radius 1 is 1.03 bits per heavy atom. The summed E-state index contributed by atoms with van der Waals surface area (Å²) in [6.07, 6.45) is 4.00. The van der Waals surface area contributed by atoms with Crippen LogP contribution in [0.5, 0.6) is 11.5 Å². The van der Waals surface area contributed by atoms with Gasteiger partial charge in [-0.15, -0.1) is 11.8 Å². The lowest BCUT2D eigenvalue weighted by atomic mass is 10.1. The topological polar surface area (TPSA) is 64.9 Å². The molecule has 4 aromatic rings. The van der Waals surface area contributed by atoms with E-state index < -0.39 is 0 Å². The van der Waals surface area contributed by atoms with Gasteiger partial charge >= 0.3 is 0 Å². The number of thioether (sulfide) groups is 1. The van der Waals surface area contributed by atoms with Gasteiger partial charge in [0, 0.05) is 35.2 Å². The van der Waals surface area contributed by atoms with E-state index in [0.717, 1.165) is 27.5 Å². The minimum atomic E-state index is -0.118. The van der Waals surface area contributed by atoms with Crippen molar-refractivity contribution in [2.45, 2.75) is 17.2 Å². The minimum absolute atomic E-state index is 0.118. The first-order valence-electron chi connectivity index (χ1n) is 10.1. The molecule has 0 spiro atoms. The molecule has 31 heavy (non-hydrogen) atoms. The molecule has 1 aliphatic rings. The lowest BCUT2D eigenvalue weighted by Gasteiger charge is -2.21. The molecule has 7 heteroatoms. The maximum Gasteiger partial charge on any atom is 0.252 e. The van der Waals surface area contributed by atoms with Crippen molar-refractivity contribution in [3.05, 3.63) is 89.9 Å². The molecule has 0 saturated carbocycles. The van der Waals surface area contributed by atoms with Crippen LogP contribution in [0.1, 0.15) is 21.6 Å². The van der Waals surface area contributed by atoms with Crippen LogP contribution < -0.4 is 14.8 Å². The maximum atomic E-state index is 12.9. The number of amides is 1. The molecule has 0 unspecified atom stereocenters. The molecular formula is C24H21N3O3S. The van der Waals surface area contributed by atoms with Gasteiger partial charge in [-0.2, -0.15) is 0 Å². The number of ether oxygens (including phenoxy) is 2. The SMILES string of the molecule is O=C(NCc1cccc2c1OCCO2)c1ccccc1SCc1cn2ccccc2n1. The summed E-state index contributed by atoms with van der Waals surface area (Å²) >= 11 is 1.61. The zero-order valence-corrected chi connectivity index (χ0v) is 17.6. The standard InChI is InChI=1S/C24H21N3O3S/c28-24(25-14-17-6-5-8-20-23(17)30-13-12-29-20)19-7-1-2-9-21(19)31-16-18-15-27-11-4-3-10-22(27)26-18/h1-11,15H,12-14,16H2,(H,25,28). The summed E-state index contributed by atoms with van der Waals surface area (Å²) in [5.41, 5.74) is 3.44. The Bertz CT molecular complexity index is 1200. The van der Waals surface area contributed by atoms with Crippen LogP contribution in [0.25, 0.3) is 5.65 Å². The third-order valence-electron chi connectivity index (χ3n) is 5.01. The predicted octanol–water partition coefficient (Wildman–Crippen LogP) is 4.33.